The maximum atomic E-state index is 11.0. The minimum Gasteiger partial charge on any atom is -0.545 e. The van der Waals surface area contributed by atoms with E-state index in [-0.39, 0.29) is 16.7 Å². The lowest BCUT2D eigenvalue weighted by molar-refractivity contribution is -0.255. The van der Waals surface area contributed by atoms with Crippen molar-refractivity contribution in [2.24, 2.45) is 0 Å². The first-order valence-corrected chi connectivity index (χ1v) is 4.97. The van der Waals surface area contributed by atoms with Crippen LogP contribution in [0, 0.1) is 20.8 Å². The van der Waals surface area contributed by atoms with Crippen molar-refractivity contribution in [1.29, 1.82) is 0 Å². The first-order valence-electron chi connectivity index (χ1n) is 4.97. The minimum absolute atomic E-state index is 0.0880. The van der Waals surface area contributed by atoms with Crippen LogP contribution >= 0.6 is 0 Å². The number of carboxylic acids is 3. The Hall–Kier alpha value is -2.37. The van der Waals surface area contributed by atoms with Crippen LogP contribution in [0.15, 0.2) is 0 Å². The third-order valence-electron chi connectivity index (χ3n) is 2.86. The lowest BCUT2D eigenvalue weighted by Crippen LogP contribution is -2.33. The Bertz CT molecular complexity index is 468. The van der Waals surface area contributed by atoms with E-state index in [1.165, 1.54) is 20.8 Å². The second-order valence-electron chi connectivity index (χ2n) is 3.86. The largest absolute Gasteiger partial charge is 0.545 e. The number of rotatable bonds is 3. The van der Waals surface area contributed by atoms with Crippen molar-refractivity contribution in [3.63, 3.8) is 0 Å². The number of hydrogen-bond acceptors (Lipinski definition) is 6. The Morgan fingerprint density at radius 1 is 0.611 bits per heavy atom. The molecule has 0 fully saturated rings. The molecule has 6 heteroatoms. The summed E-state index contributed by atoms with van der Waals surface area (Å²) in [4.78, 5) is 32.9. The molecule has 0 heterocycles. The molecule has 1 aromatic carbocycles. The predicted octanol–water partition coefficient (Wildman–Crippen LogP) is -2.30. The summed E-state index contributed by atoms with van der Waals surface area (Å²) in [7, 11) is 0. The zero-order valence-electron chi connectivity index (χ0n) is 9.95. The van der Waals surface area contributed by atoms with Crippen molar-refractivity contribution in [1.82, 2.24) is 0 Å². The quantitative estimate of drug-likeness (QED) is 0.594. The molecule has 0 aliphatic carbocycles. The number of hydrogen-bond donors (Lipinski definition) is 0. The van der Waals surface area contributed by atoms with Crippen molar-refractivity contribution < 1.29 is 29.7 Å². The smallest absolute Gasteiger partial charge is 0.0721 e. The van der Waals surface area contributed by atoms with E-state index >= 15 is 0 Å². The molecule has 0 saturated heterocycles. The summed E-state index contributed by atoms with van der Waals surface area (Å²) in [6, 6.07) is 0. The van der Waals surface area contributed by atoms with Gasteiger partial charge < -0.3 is 29.7 Å². The Kier molecular flexibility index (Phi) is 3.41. The van der Waals surface area contributed by atoms with Crippen LogP contribution in [0.4, 0.5) is 0 Å². The molecule has 0 aliphatic rings. The molecule has 1 aromatic rings. The Morgan fingerprint density at radius 2 is 0.778 bits per heavy atom. The van der Waals surface area contributed by atoms with Crippen LogP contribution < -0.4 is 15.3 Å². The summed E-state index contributed by atoms with van der Waals surface area (Å²) in [5, 5.41) is 32.9. The number of carbonyl (C=O) groups is 3. The average Bonchev–Trinajstić information content (AvgIpc) is 2.14. The molecule has 0 spiro atoms. The standard InChI is InChI=1S/C12H12O6/c1-4-7(10(13)14)5(2)9(12(17)18)6(3)8(4)11(15)16/h1-3H3,(H,13,14)(H,15,16)(H,17,18)/p-3. The summed E-state index contributed by atoms with van der Waals surface area (Å²) in [5.41, 5.74) is -1.64. The molecule has 0 aliphatic heterocycles. The summed E-state index contributed by atoms with van der Waals surface area (Å²) >= 11 is 0. The second-order valence-corrected chi connectivity index (χ2v) is 3.86. The molecule has 0 aromatic heterocycles. The number of carbonyl (C=O) groups excluding carboxylic acids is 3. The Labute approximate surface area is 102 Å². The van der Waals surface area contributed by atoms with Gasteiger partial charge in [0, 0.05) is 16.7 Å². The van der Waals surface area contributed by atoms with Gasteiger partial charge in [-0.2, -0.15) is 0 Å². The normalized spacial score (nSPS) is 10.2. The van der Waals surface area contributed by atoms with Crippen molar-refractivity contribution in [3.05, 3.63) is 33.4 Å². The van der Waals surface area contributed by atoms with Gasteiger partial charge in [-0.25, -0.2) is 0 Å². The number of carboxylic acid groups (broad SMARTS) is 3. The first-order chi connectivity index (χ1) is 8.20. The van der Waals surface area contributed by atoms with Gasteiger partial charge in [-0.05, 0) is 37.5 Å². The molecule has 6 nitrogen and oxygen atoms in total. The molecular formula is C12H9O6-3. The van der Waals surface area contributed by atoms with Gasteiger partial charge in [0.15, 0.2) is 0 Å². The van der Waals surface area contributed by atoms with Crippen molar-refractivity contribution in [2.45, 2.75) is 20.8 Å². The lowest BCUT2D eigenvalue weighted by Gasteiger charge is -2.23. The molecular weight excluding hydrogens is 240 g/mol. The Balaban J connectivity index is 3.94. The van der Waals surface area contributed by atoms with E-state index in [0.29, 0.717) is 0 Å². The molecule has 0 radical (unpaired) electrons. The zero-order valence-corrected chi connectivity index (χ0v) is 9.95. The van der Waals surface area contributed by atoms with E-state index < -0.39 is 34.6 Å². The van der Waals surface area contributed by atoms with Gasteiger partial charge in [0.1, 0.15) is 0 Å². The highest BCUT2D eigenvalue weighted by molar-refractivity contribution is 6.03. The van der Waals surface area contributed by atoms with E-state index in [4.69, 9.17) is 0 Å². The molecule has 0 N–H and O–H groups in total. The van der Waals surface area contributed by atoms with Crippen LogP contribution in [0.1, 0.15) is 47.8 Å². The third-order valence-corrected chi connectivity index (χ3v) is 2.86. The van der Waals surface area contributed by atoms with Gasteiger partial charge in [-0.1, -0.05) is 0 Å². The first kappa shape index (κ1) is 13.7. The minimum atomic E-state index is -1.64. The highest BCUT2D eigenvalue weighted by Gasteiger charge is 2.18. The average molecular weight is 249 g/mol. The molecule has 0 unspecified atom stereocenters. The monoisotopic (exact) mass is 249 g/mol. The van der Waals surface area contributed by atoms with E-state index in [1.54, 1.807) is 0 Å². The summed E-state index contributed by atoms with van der Waals surface area (Å²) in [6.45, 7) is 3.78. The van der Waals surface area contributed by atoms with Gasteiger partial charge in [-0.15, -0.1) is 0 Å². The number of benzene rings is 1. The third kappa shape index (κ3) is 1.92. The van der Waals surface area contributed by atoms with Gasteiger partial charge >= 0.3 is 0 Å². The summed E-state index contributed by atoms with van der Waals surface area (Å²) in [5.74, 6) is -4.93. The highest BCUT2D eigenvalue weighted by atomic mass is 16.4. The molecule has 0 saturated carbocycles. The van der Waals surface area contributed by atoms with Gasteiger partial charge in [0.05, 0.1) is 17.9 Å². The molecule has 1 rings (SSSR count). The van der Waals surface area contributed by atoms with Crippen LogP contribution in [0.25, 0.3) is 0 Å². The van der Waals surface area contributed by atoms with E-state index in [0.717, 1.165) is 0 Å². The fraction of sp³-hybridized carbons (Fsp3) is 0.250. The molecule has 0 bridgehead atoms. The van der Waals surface area contributed by atoms with E-state index in [1.807, 2.05) is 0 Å². The molecule has 0 atom stereocenters. The fourth-order valence-electron chi connectivity index (χ4n) is 2.14. The van der Waals surface area contributed by atoms with Gasteiger partial charge in [0.2, 0.25) is 0 Å². The van der Waals surface area contributed by atoms with Crippen LogP contribution in [0.3, 0.4) is 0 Å². The maximum Gasteiger partial charge on any atom is 0.0721 e. The topological polar surface area (TPSA) is 120 Å². The van der Waals surface area contributed by atoms with Crippen LogP contribution in [0.5, 0.6) is 0 Å². The van der Waals surface area contributed by atoms with Crippen molar-refractivity contribution in [3.8, 4) is 0 Å². The summed E-state index contributed by atoms with van der Waals surface area (Å²) < 4.78 is 0. The predicted molar refractivity (Wildman–Crippen MR) is 53.6 cm³/mol. The van der Waals surface area contributed by atoms with Crippen LogP contribution in [-0.2, 0) is 0 Å². The second kappa shape index (κ2) is 4.48. The van der Waals surface area contributed by atoms with E-state index in [9.17, 15) is 29.7 Å². The summed E-state index contributed by atoms with van der Waals surface area (Å²) in [6.07, 6.45) is 0. The van der Waals surface area contributed by atoms with Gasteiger partial charge in [0.25, 0.3) is 0 Å². The van der Waals surface area contributed by atoms with Crippen LogP contribution in [0.2, 0.25) is 0 Å². The lowest BCUT2D eigenvalue weighted by atomic mass is 9.88. The van der Waals surface area contributed by atoms with E-state index in [2.05, 4.69) is 0 Å². The Morgan fingerprint density at radius 3 is 0.889 bits per heavy atom. The highest BCUT2D eigenvalue weighted by Crippen LogP contribution is 2.26. The molecule has 96 valence electrons. The van der Waals surface area contributed by atoms with Crippen molar-refractivity contribution in [2.75, 3.05) is 0 Å². The van der Waals surface area contributed by atoms with Gasteiger partial charge in [-0.3, -0.25) is 0 Å². The van der Waals surface area contributed by atoms with Crippen LogP contribution in [-0.4, -0.2) is 17.9 Å². The molecule has 18 heavy (non-hydrogen) atoms. The number of aromatic carboxylic acids is 3. The van der Waals surface area contributed by atoms with Crippen molar-refractivity contribution >= 4 is 17.9 Å². The fourth-order valence-corrected chi connectivity index (χ4v) is 2.14. The SMILES string of the molecule is Cc1c(C(=O)[O-])c(C)c(C(=O)[O-])c(C)c1C(=O)[O-]. The maximum absolute atomic E-state index is 11.0. The molecule has 0 amide bonds. The zero-order chi connectivity index (χ0) is 14.2.